The Kier molecular flexibility index (Phi) is 3.37. The zero-order valence-corrected chi connectivity index (χ0v) is 12.9. The molecular formula is C17H22N4O. The summed E-state index contributed by atoms with van der Waals surface area (Å²) in [5.41, 5.74) is 2.91. The van der Waals surface area contributed by atoms with E-state index in [9.17, 15) is 5.11 Å². The summed E-state index contributed by atoms with van der Waals surface area (Å²) in [4.78, 5) is 12.3. The molecular weight excluding hydrogens is 276 g/mol. The first-order valence-electron chi connectivity index (χ1n) is 8.31. The van der Waals surface area contributed by atoms with Crippen LogP contribution in [-0.4, -0.2) is 24.6 Å². The lowest BCUT2D eigenvalue weighted by Gasteiger charge is -2.26. The van der Waals surface area contributed by atoms with E-state index in [4.69, 9.17) is 4.98 Å². The van der Waals surface area contributed by atoms with Gasteiger partial charge >= 0.3 is 0 Å². The van der Waals surface area contributed by atoms with E-state index in [2.05, 4.69) is 20.6 Å². The summed E-state index contributed by atoms with van der Waals surface area (Å²) in [5.74, 6) is 0.805. The van der Waals surface area contributed by atoms with E-state index in [0.29, 0.717) is 12.5 Å². The van der Waals surface area contributed by atoms with Gasteiger partial charge in [-0.2, -0.15) is 0 Å². The molecule has 22 heavy (non-hydrogen) atoms. The zero-order chi connectivity index (χ0) is 15.1. The predicted octanol–water partition coefficient (Wildman–Crippen LogP) is 3.86. The molecule has 0 bridgehead atoms. The first-order valence-corrected chi connectivity index (χ1v) is 8.31. The Labute approximate surface area is 129 Å². The summed E-state index contributed by atoms with van der Waals surface area (Å²) in [6, 6.07) is 2.50. The molecule has 3 heterocycles. The van der Waals surface area contributed by atoms with Gasteiger partial charge in [0.2, 0.25) is 0 Å². The van der Waals surface area contributed by atoms with Crippen molar-refractivity contribution in [1.29, 1.82) is 0 Å². The molecule has 0 amide bonds. The monoisotopic (exact) mass is 298 g/mol. The summed E-state index contributed by atoms with van der Waals surface area (Å²) in [6.07, 6.45) is 10.1. The quantitative estimate of drug-likeness (QED) is 0.771. The van der Waals surface area contributed by atoms with Crippen molar-refractivity contribution in [2.45, 2.75) is 57.6 Å². The summed E-state index contributed by atoms with van der Waals surface area (Å²) in [6.45, 7) is 2.00. The highest BCUT2D eigenvalue weighted by Gasteiger charge is 2.25. The summed E-state index contributed by atoms with van der Waals surface area (Å²) >= 11 is 0. The number of hydrogen-bond acceptors (Lipinski definition) is 3. The molecule has 1 aliphatic carbocycles. The molecule has 2 N–H and O–H groups in total. The highest BCUT2D eigenvalue weighted by molar-refractivity contribution is 6.01. The van der Waals surface area contributed by atoms with Crippen molar-refractivity contribution < 1.29 is 5.11 Å². The van der Waals surface area contributed by atoms with Crippen LogP contribution in [0.3, 0.4) is 0 Å². The minimum Gasteiger partial charge on any atom is -0.385 e. The normalized spacial score (nSPS) is 18.3. The lowest BCUT2D eigenvalue weighted by atomic mass is 9.95. The van der Waals surface area contributed by atoms with Gasteiger partial charge in [0.25, 0.3) is 0 Å². The second-order valence-corrected chi connectivity index (χ2v) is 6.29. The Morgan fingerprint density at radius 2 is 2.18 bits per heavy atom. The van der Waals surface area contributed by atoms with Gasteiger partial charge in [-0.25, -0.2) is 9.97 Å². The van der Waals surface area contributed by atoms with E-state index in [1.54, 1.807) is 0 Å². The van der Waals surface area contributed by atoms with Crippen LogP contribution in [0.1, 0.15) is 63.4 Å². The van der Waals surface area contributed by atoms with Gasteiger partial charge in [-0.3, -0.25) is 0 Å². The maximum atomic E-state index is 10.5. The third-order valence-electron chi connectivity index (χ3n) is 4.89. The van der Waals surface area contributed by atoms with Crippen LogP contribution in [0.25, 0.3) is 22.1 Å². The number of H-pyrrole nitrogens is 1. The molecule has 0 aliphatic heterocycles. The maximum absolute atomic E-state index is 10.5. The maximum Gasteiger partial charge on any atom is 0.139 e. The minimum atomic E-state index is -0.511. The molecule has 0 saturated heterocycles. The molecule has 116 valence electrons. The Bertz CT molecular complexity index is 798. The molecule has 3 aromatic heterocycles. The summed E-state index contributed by atoms with van der Waals surface area (Å²) in [7, 11) is 0. The van der Waals surface area contributed by atoms with Crippen molar-refractivity contribution >= 4 is 22.1 Å². The van der Waals surface area contributed by atoms with Gasteiger partial charge in [-0.1, -0.05) is 26.2 Å². The van der Waals surface area contributed by atoms with Crippen molar-refractivity contribution in [2.75, 3.05) is 0 Å². The van der Waals surface area contributed by atoms with Crippen molar-refractivity contribution in [2.24, 2.45) is 0 Å². The molecule has 5 nitrogen and oxygen atoms in total. The van der Waals surface area contributed by atoms with Crippen molar-refractivity contribution in [3.8, 4) is 0 Å². The average molecular weight is 298 g/mol. The molecule has 0 spiro atoms. The molecule has 1 saturated carbocycles. The van der Waals surface area contributed by atoms with Crippen molar-refractivity contribution in [3.05, 3.63) is 24.3 Å². The van der Waals surface area contributed by atoms with Crippen LogP contribution in [0, 0.1) is 0 Å². The number of pyridine rings is 1. The number of hydrogen-bond donors (Lipinski definition) is 2. The summed E-state index contributed by atoms with van der Waals surface area (Å²) in [5, 5.41) is 11.6. The Balaban J connectivity index is 2.00. The SMILES string of the molecule is CC[C@@H](O)c1nc2cnc3[nH]ccc3c2n1C1CCCCC1. The molecule has 5 heteroatoms. The zero-order valence-electron chi connectivity index (χ0n) is 12.9. The average Bonchev–Trinajstić information content (AvgIpc) is 3.18. The number of nitrogens with one attached hydrogen (secondary N) is 1. The number of aliphatic hydroxyl groups excluding tert-OH is 1. The van der Waals surface area contributed by atoms with Gasteiger partial charge in [-0.05, 0) is 25.3 Å². The smallest absolute Gasteiger partial charge is 0.139 e. The fourth-order valence-corrected chi connectivity index (χ4v) is 3.74. The fraction of sp³-hybridized carbons (Fsp3) is 0.529. The van der Waals surface area contributed by atoms with E-state index in [-0.39, 0.29) is 0 Å². The fourth-order valence-electron chi connectivity index (χ4n) is 3.74. The van der Waals surface area contributed by atoms with Gasteiger partial charge in [0.1, 0.15) is 23.1 Å². The van der Waals surface area contributed by atoms with Crippen LogP contribution in [-0.2, 0) is 0 Å². The molecule has 3 aromatic rings. The van der Waals surface area contributed by atoms with Crippen LogP contribution >= 0.6 is 0 Å². The first-order chi connectivity index (χ1) is 10.8. The molecule has 1 fully saturated rings. The third kappa shape index (κ3) is 2.03. The van der Waals surface area contributed by atoms with Crippen LogP contribution in [0.5, 0.6) is 0 Å². The molecule has 1 aliphatic rings. The molecule has 0 aromatic carbocycles. The Morgan fingerprint density at radius 1 is 1.36 bits per heavy atom. The van der Waals surface area contributed by atoms with Gasteiger partial charge in [0, 0.05) is 17.6 Å². The highest BCUT2D eigenvalue weighted by Crippen LogP contribution is 2.36. The van der Waals surface area contributed by atoms with Crippen LogP contribution < -0.4 is 0 Å². The largest absolute Gasteiger partial charge is 0.385 e. The second kappa shape index (κ2) is 5.39. The highest BCUT2D eigenvalue weighted by atomic mass is 16.3. The molecule has 0 unspecified atom stereocenters. The number of aromatic amines is 1. The minimum absolute atomic E-state index is 0.440. The predicted molar refractivity (Wildman–Crippen MR) is 86.8 cm³/mol. The van der Waals surface area contributed by atoms with Crippen LogP contribution in [0.2, 0.25) is 0 Å². The number of fused-ring (bicyclic) bond motifs is 3. The molecule has 0 radical (unpaired) electrons. The van der Waals surface area contributed by atoms with E-state index in [1.807, 2.05) is 19.3 Å². The van der Waals surface area contributed by atoms with Gasteiger partial charge in [0.15, 0.2) is 0 Å². The van der Waals surface area contributed by atoms with E-state index < -0.39 is 6.10 Å². The van der Waals surface area contributed by atoms with E-state index in [1.165, 1.54) is 32.1 Å². The van der Waals surface area contributed by atoms with Gasteiger partial charge in [-0.15, -0.1) is 0 Å². The summed E-state index contributed by atoms with van der Waals surface area (Å²) < 4.78 is 2.31. The van der Waals surface area contributed by atoms with Crippen LogP contribution in [0.15, 0.2) is 18.5 Å². The first kappa shape index (κ1) is 13.8. The number of imidazole rings is 1. The van der Waals surface area contributed by atoms with Gasteiger partial charge < -0.3 is 14.7 Å². The topological polar surface area (TPSA) is 66.7 Å². The number of aromatic nitrogens is 4. The Morgan fingerprint density at radius 3 is 2.95 bits per heavy atom. The number of nitrogens with zero attached hydrogens (tertiary/aromatic N) is 3. The second-order valence-electron chi connectivity index (χ2n) is 6.29. The van der Waals surface area contributed by atoms with Crippen molar-refractivity contribution in [3.63, 3.8) is 0 Å². The van der Waals surface area contributed by atoms with E-state index >= 15 is 0 Å². The molecule has 1 atom stereocenters. The van der Waals surface area contributed by atoms with Crippen molar-refractivity contribution in [1.82, 2.24) is 19.5 Å². The number of aliphatic hydroxyl groups is 1. The Hall–Kier alpha value is -1.88. The van der Waals surface area contributed by atoms with E-state index in [0.717, 1.165) is 27.9 Å². The lowest BCUT2D eigenvalue weighted by molar-refractivity contribution is 0.154. The molecule has 4 rings (SSSR count). The van der Waals surface area contributed by atoms with Gasteiger partial charge in [0.05, 0.1) is 11.7 Å². The van der Waals surface area contributed by atoms with Crippen LogP contribution in [0.4, 0.5) is 0 Å². The number of rotatable bonds is 3. The third-order valence-corrected chi connectivity index (χ3v) is 4.89. The standard InChI is InChI=1S/C17H22N4O/c1-2-14(22)17-20-13-10-19-16-12(8-9-18-16)15(13)21(17)11-6-4-3-5-7-11/h8-11,14,22H,2-7H2,1H3,(H,18,19)/t14-/m1/s1. The lowest BCUT2D eigenvalue weighted by Crippen LogP contribution is -2.17.